The lowest BCUT2D eigenvalue weighted by molar-refractivity contribution is -0.162. The van der Waals surface area contributed by atoms with Gasteiger partial charge >= 0.3 is 5.97 Å². The smallest absolute Gasteiger partial charge is 0.330 e. The summed E-state index contributed by atoms with van der Waals surface area (Å²) in [4.78, 5) is 55.3. The van der Waals surface area contributed by atoms with Crippen molar-refractivity contribution in [3.05, 3.63) is 99.0 Å². The van der Waals surface area contributed by atoms with Crippen LogP contribution in [0.4, 0.5) is 5.69 Å². The Hall–Kier alpha value is -3.78. The molecule has 8 heteroatoms. The van der Waals surface area contributed by atoms with Gasteiger partial charge in [0.15, 0.2) is 6.61 Å². The maximum Gasteiger partial charge on any atom is 0.330 e. The van der Waals surface area contributed by atoms with Crippen LogP contribution in [-0.2, 0) is 23.9 Å². The molecule has 2 bridgehead atoms. The predicted molar refractivity (Wildman–Crippen MR) is 152 cm³/mol. The van der Waals surface area contributed by atoms with Crippen LogP contribution in [0, 0.1) is 24.7 Å². The molecule has 1 saturated heterocycles. The predicted octanol–water partition coefficient (Wildman–Crippen LogP) is 5.16. The minimum Gasteiger partial charge on any atom is -0.454 e. The lowest BCUT2D eigenvalue weighted by Gasteiger charge is -2.45. The van der Waals surface area contributed by atoms with Gasteiger partial charge in [0.2, 0.25) is 11.8 Å². The molecule has 204 valence electrons. The van der Waals surface area contributed by atoms with Crippen molar-refractivity contribution in [2.45, 2.75) is 38.6 Å². The first-order valence-corrected chi connectivity index (χ1v) is 14.3. The molecule has 4 aliphatic rings. The van der Waals surface area contributed by atoms with Gasteiger partial charge in [0.25, 0.3) is 5.91 Å². The van der Waals surface area contributed by atoms with Crippen LogP contribution in [0.3, 0.4) is 0 Å². The Morgan fingerprint density at radius 1 is 0.875 bits per heavy atom. The third-order valence-corrected chi connectivity index (χ3v) is 8.94. The average Bonchev–Trinajstić information content (AvgIpc) is 3.19. The van der Waals surface area contributed by atoms with Crippen LogP contribution in [0.15, 0.2) is 71.2 Å². The SMILES string of the molecule is Cc1cc(Br)ccc1NC(=O)COC(=O)[C@H](C(C)C)N1C(=O)[C@@H]2C3c4ccccc4C(c4ccccc43)[C@H]2C1=O. The summed E-state index contributed by atoms with van der Waals surface area (Å²) in [6.45, 7) is 4.88. The summed E-state index contributed by atoms with van der Waals surface area (Å²) < 4.78 is 6.30. The number of aryl methyl sites for hydroxylation is 1. The van der Waals surface area contributed by atoms with E-state index < -0.39 is 42.3 Å². The highest BCUT2D eigenvalue weighted by atomic mass is 79.9. The Balaban J connectivity index is 1.26. The van der Waals surface area contributed by atoms with Crippen molar-refractivity contribution < 1.29 is 23.9 Å². The Labute approximate surface area is 241 Å². The molecule has 1 N–H and O–H groups in total. The number of nitrogens with one attached hydrogen (secondary N) is 1. The number of nitrogens with zero attached hydrogens (tertiary/aromatic N) is 1. The summed E-state index contributed by atoms with van der Waals surface area (Å²) in [7, 11) is 0. The first kappa shape index (κ1) is 26.4. The molecule has 3 aliphatic carbocycles. The van der Waals surface area contributed by atoms with Gasteiger partial charge in [-0.2, -0.15) is 0 Å². The van der Waals surface area contributed by atoms with Gasteiger partial charge in [0.05, 0.1) is 11.8 Å². The van der Waals surface area contributed by atoms with E-state index in [1.54, 1.807) is 26.0 Å². The molecule has 1 heterocycles. The molecule has 3 atom stereocenters. The van der Waals surface area contributed by atoms with Gasteiger partial charge in [-0.1, -0.05) is 78.3 Å². The molecule has 3 aromatic carbocycles. The molecular formula is C32H29BrN2O5. The summed E-state index contributed by atoms with van der Waals surface area (Å²) in [5, 5.41) is 2.74. The van der Waals surface area contributed by atoms with Crippen LogP contribution in [0.25, 0.3) is 0 Å². The third kappa shape index (κ3) is 4.08. The zero-order chi connectivity index (χ0) is 28.3. The zero-order valence-electron chi connectivity index (χ0n) is 22.4. The molecule has 0 radical (unpaired) electrons. The van der Waals surface area contributed by atoms with E-state index in [9.17, 15) is 19.2 Å². The van der Waals surface area contributed by atoms with Crippen LogP contribution in [0.2, 0.25) is 0 Å². The number of carbonyl (C=O) groups is 4. The number of amides is 3. The first-order valence-electron chi connectivity index (χ1n) is 13.5. The number of hydrogen-bond donors (Lipinski definition) is 1. The second kappa shape index (κ2) is 10.0. The number of halogens is 1. The second-order valence-corrected chi connectivity index (χ2v) is 12.0. The van der Waals surface area contributed by atoms with Crippen LogP contribution in [-0.4, -0.2) is 41.2 Å². The van der Waals surface area contributed by atoms with Gasteiger partial charge in [-0.15, -0.1) is 0 Å². The van der Waals surface area contributed by atoms with Gasteiger partial charge in [0, 0.05) is 22.0 Å². The van der Waals surface area contributed by atoms with Crippen LogP contribution in [0.1, 0.15) is 53.5 Å². The quantitative estimate of drug-likeness (QED) is 0.312. The highest BCUT2D eigenvalue weighted by molar-refractivity contribution is 9.10. The van der Waals surface area contributed by atoms with Crippen molar-refractivity contribution in [2.75, 3.05) is 11.9 Å². The fourth-order valence-electron chi connectivity index (χ4n) is 6.83. The van der Waals surface area contributed by atoms with E-state index in [1.807, 2.05) is 61.5 Å². The molecule has 3 aromatic rings. The molecule has 7 rings (SSSR count). The Morgan fingerprint density at radius 3 is 1.82 bits per heavy atom. The molecule has 1 fully saturated rings. The molecular weight excluding hydrogens is 572 g/mol. The van der Waals surface area contributed by atoms with Crippen molar-refractivity contribution in [2.24, 2.45) is 17.8 Å². The van der Waals surface area contributed by atoms with E-state index in [2.05, 4.69) is 21.2 Å². The monoisotopic (exact) mass is 600 g/mol. The minimum atomic E-state index is -1.13. The average molecular weight is 601 g/mol. The Morgan fingerprint density at radius 2 is 1.38 bits per heavy atom. The molecule has 3 amide bonds. The van der Waals surface area contributed by atoms with Crippen molar-refractivity contribution in [3.8, 4) is 0 Å². The summed E-state index contributed by atoms with van der Waals surface area (Å²) in [6.07, 6.45) is 0. The standard InChI is InChI=1S/C32H29BrN2O5/c1-16(2)29(32(39)40-15-24(36)34-23-13-12-18(33)14-17(23)3)35-30(37)27-25-19-8-4-5-9-20(19)26(28(27)31(35)38)22-11-7-6-10-21(22)25/h4-14,16,25-29H,15H2,1-3H3,(H,34,36)/t25?,26?,27-,28-,29+/m1/s1. The number of rotatable bonds is 6. The molecule has 40 heavy (non-hydrogen) atoms. The fourth-order valence-corrected chi connectivity index (χ4v) is 7.30. The molecule has 0 saturated carbocycles. The topological polar surface area (TPSA) is 92.8 Å². The molecule has 1 aliphatic heterocycles. The first-order chi connectivity index (χ1) is 19.2. The number of likely N-dealkylation sites (tertiary alicyclic amines) is 1. The lowest BCUT2D eigenvalue weighted by atomic mass is 9.55. The van der Waals surface area contributed by atoms with Crippen LogP contribution < -0.4 is 5.32 Å². The van der Waals surface area contributed by atoms with Crippen LogP contribution in [0.5, 0.6) is 0 Å². The number of benzene rings is 3. The number of hydrogen-bond acceptors (Lipinski definition) is 5. The minimum absolute atomic E-state index is 0.257. The summed E-state index contributed by atoms with van der Waals surface area (Å²) in [5.41, 5.74) is 5.73. The maximum atomic E-state index is 14.1. The Bertz CT molecular complexity index is 1450. The maximum absolute atomic E-state index is 14.1. The van der Waals surface area contributed by atoms with Gasteiger partial charge in [-0.25, -0.2) is 4.79 Å². The van der Waals surface area contributed by atoms with Crippen LogP contribution >= 0.6 is 15.9 Å². The summed E-state index contributed by atoms with van der Waals surface area (Å²) in [6, 6.07) is 20.3. The number of anilines is 1. The summed E-state index contributed by atoms with van der Waals surface area (Å²) >= 11 is 3.39. The van der Waals surface area contributed by atoms with Gasteiger partial charge in [-0.3, -0.25) is 19.3 Å². The van der Waals surface area contributed by atoms with Crippen molar-refractivity contribution in [1.29, 1.82) is 0 Å². The van der Waals surface area contributed by atoms with E-state index in [-0.39, 0.29) is 23.7 Å². The van der Waals surface area contributed by atoms with Gasteiger partial charge < -0.3 is 10.1 Å². The second-order valence-electron chi connectivity index (χ2n) is 11.1. The molecule has 0 unspecified atom stereocenters. The number of esters is 1. The fraction of sp³-hybridized carbons (Fsp3) is 0.312. The van der Waals surface area contributed by atoms with Crippen molar-refractivity contribution >= 4 is 45.3 Å². The highest BCUT2D eigenvalue weighted by Crippen LogP contribution is 2.61. The van der Waals surface area contributed by atoms with Crippen molar-refractivity contribution in [3.63, 3.8) is 0 Å². The van der Waals surface area contributed by atoms with E-state index in [0.717, 1.165) is 37.2 Å². The number of carbonyl (C=O) groups excluding carboxylic acids is 4. The normalized spacial score (nSPS) is 23.0. The number of imide groups is 1. The third-order valence-electron chi connectivity index (χ3n) is 8.44. The largest absolute Gasteiger partial charge is 0.454 e. The Kier molecular flexibility index (Phi) is 6.61. The van der Waals surface area contributed by atoms with E-state index in [1.165, 1.54) is 0 Å². The van der Waals surface area contributed by atoms with Gasteiger partial charge in [-0.05, 0) is 58.9 Å². The van der Waals surface area contributed by atoms with E-state index >= 15 is 0 Å². The summed E-state index contributed by atoms with van der Waals surface area (Å²) in [5.74, 6) is -4.04. The van der Waals surface area contributed by atoms with E-state index in [4.69, 9.17) is 4.74 Å². The van der Waals surface area contributed by atoms with E-state index in [0.29, 0.717) is 5.69 Å². The number of ether oxygens (including phenoxy) is 1. The molecule has 0 aromatic heterocycles. The zero-order valence-corrected chi connectivity index (χ0v) is 24.0. The van der Waals surface area contributed by atoms with Crippen molar-refractivity contribution in [1.82, 2.24) is 4.90 Å². The molecule has 7 nitrogen and oxygen atoms in total. The lowest BCUT2D eigenvalue weighted by Crippen LogP contribution is -2.49. The van der Waals surface area contributed by atoms with Gasteiger partial charge in [0.1, 0.15) is 6.04 Å². The highest BCUT2D eigenvalue weighted by Gasteiger charge is 2.63. The molecule has 0 spiro atoms.